The van der Waals surface area contributed by atoms with Crippen molar-refractivity contribution in [2.24, 2.45) is 5.92 Å². The average Bonchev–Trinajstić information content (AvgIpc) is 2.46. The van der Waals surface area contributed by atoms with Crippen LogP contribution in [0.1, 0.15) is 48.9 Å². The lowest BCUT2D eigenvalue weighted by molar-refractivity contribution is 0.0382. The largest absolute Gasteiger partial charge is 0.335 e. The van der Waals surface area contributed by atoms with Gasteiger partial charge in [0, 0.05) is 12.6 Å². The summed E-state index contributed by atoms with van der Waals surface area (Å²) >= 11 is 0. The lowest BCUT2D eigenvalue weighted by atomic mass is 9.78. The van der Waals surface area contributed by atoms with Crippen molar-refractivity contribution in [1.82, 2.24) is 4.90 Å². The third-order valence-electron chi connectivity index (χ3n) is 4.68. The van der Waals surface area contributed by atoms with Crippen molar-refractivity contribution in [3.8, 4) is 0 Å². The summed E-state index contributed by atoms with van der Waals surface area (Å²) in [5, 5.41) is 0. The molecule has 0 spiro atoms. The highest BCUT2D eigenvalue weighted by molar-refractivity contribution is 5.95. The van der Waals surface area contributed by atoms with E-state index in [-0.39, 0.29) is 6.04 Å². The van der Waals surface area contributed by atoms with Crippen LogP contribution in [0.4, 0.5) is 8.78 Å². The SMILES string of the molecule is O=C(c1c(F)cccc1F)N1CCCC2CCCCC21. The summed E-state index contributed by atoms with van der Waals surface area (Å²) in [6.07, 6.45) is 6.47. The molecule has 1 heterocycles. The molecule has 1 saturated carbocycles. The summed E-state index contributed by atoms with van der Waals surface area (Å²) < 4.78 is 27.6. The molecule has 1 aromatic carbocycles. The van der Waals surface area contributed by atoms with Crippen LogP contribution in [-0.4, -0.2) is 23.4 Å². The lowest BCUT2D eigenvalue weighted by Gasteiger charge is -2.44. The van der Waals surface area contributed by atoms with Gasteiger partial charge in [-0.05, 0) is 43.7 Å². The van der Waals surface area contributed by atoms with Gasteiger partial charge in [0.05, 0.1) is 0 Å². The number of piperidine rings is 1. The van der Waals surface area contributed by atoms with Crippen LogP contribution in [0.5, 0.6) is 0 Å². The maximum Gasteiger partial charge on any atom is 0.260 e. The number of benzene rings is 1. The van der Waals surface area contributed by atoms with Crippen molar-refractivity contribution in [3.63, 3.8) is 0 Å². The molecule has 2 unspecified atom stereocenters. The first-order chi connectivity index (χ1) is 9.68. The fraction of sp³-hybridized carbons (Fsp3) is 0.562. The van der Waals surface area contributed by atoms with Gasteiger partial charge < -0.3 is 4.90 Å². The molecule has 1 aromatic rings. The summed E-state index contributed by atoms with van der Waals surface area (Å²) in [7, 11) is 0. The van der Waals surface area contributed by atoms with E-state index in [1.54, 1.807) is 4.90 Å². The Kier molecular flexibility index (Phi) is 3.72. The van der Waals surface area contributed by atoms with Gasteiger partial charge in [-0.25, -0.2) is 8.78 Å². The molecule has 1 aliphatic carbocycles. The summed E-state index contributed by atoms with van der Waals surface area (Å²) in [5.74, 6) is -1.48. The number of carbonyl (C=O) groups excluding carboxylic acids is 1. The zero-order valence-corrected chi connectivity index (χ0v) is 11.4. The van der Waals surface area contributed by atoms with E-state index >= 15 is 0 Å². The third kappa shape index (κ3) is 2.32. The van der Waals surface area contributed by atoms with Crippen molar-refractivity contribution in [2.75, 3.05) is 6.54 Å². The Bertz CT molecular complexity index is 495. The highest BCUT2D eigenvalue weighted by atomic mass is 19.1. The van der Waals surface area contributed by atoms with Gasteiger partial charge in [0.2, 0.25) is 0 Å². The van der Waals surface area contributed by atoms with Gasteiger partial charge in [-0.3, -0.25) is 4.79 Å². The second-order valence-corrected chi connectivity index (χ2v) is 5.85. The number of amides is 1. The number of nitrogens with zero attached hydrogens (tertiary/aromatic N) is 1. The van der Waals surface area contributed by atoms with Gasteiger partial charge in [0.25, 0.3) is 5.91 Å². The summed E-state index contributed by atoms with van der Waals surface area (Å²) in [6, 6.07) is 3.77. The molecule has 0 N–H and O–H groups in total. The number of hydrogen-bond acceptors (Lipinski definition) is 1. The Morgan fingerprint density at radius 3 is 2.45 bits per heavy atom. The van der Waals surface area contributed by atoms with Crippen LogP contribution in [-0.2, 0) is 0 Å². The molecule has 2 aliphatic rings. The second kappa shape index (κ2) is 5.51. The van der Waals surface area contributed by atoms with Crippen LogP contribution in [0.25, 0.3) is 0 Å². The molecule has 3 rings (SSSR count). The van der Waals surface area contributed by atoms with Crippen molar-refractivity contribution < 1.29 is 13.6 Å². The number of fused-ring (bicyclic) bond motifs is 1. The maximum absolute atomic E-state index is 13.8. The second-order valence-electron chi connectivity index (χ2n) is 5.85. The molecule has 0 radical (unpaired) electrons. The van der Waals surface area contributed by atoms with Gasteiger partial charge in [0.1, 0.15) is 17.2 Å². The van der Waals surface area contributed by atoms with E-state index in [1.807, 2.05) is 0 Å². The van der Waals surface area contributed by atoms with E-state index in [0.29, 0.717) is 12.5 Å². The minimum Gasteiger partial charge on any atom is -0.335 e. The smallest absolute Gasteiger partial charge is 0.260 e. The summed E-state index contributed by atoms with van der Waals surface area (Å²) in [6.45, 7) is 0.619. The number of rotatable bonds is 1. The molecule has 4 heteroatoms. The fourth-order valence-corrected chi connectivity index (χ4v) is 3.72. The molecule has 2 atom stereocenters. The molecule has 1 amide bonds. The standard InChI is InChI=1S/C16H19F2NO/c17-12-7-3-8-13(18)15(12)16(20)19-10-4-6-11-5-1-2-9-14(11)19/h3,7-8,11,14H,1-2,4-6,9-10H2. The van der Waals surface area contributed by atoms with Gasteiger partial charge in [0.15, 0.2) is 0 Å². The Morgan fingerprint density at radius 2 is 1.70 bits per heavy atom. The first-order valence-corrected chi connectivity index (χ1v) is 7.43. The molecule has 108 valence electrons. The van der Waals surface area contributed by atoms with Crippen LogP contribution in [0.15, 0.2) is 18.2 Å². The quantitative estimate of drug-likeness (QED) is 0.766. The monoisotopic (exact) mass is 279 g/mol. The molecule has 20 heavy (non-hydrogen) atoms. The molecule has 2 fully saturated rings. The molecule has 0 bridgehead atoms. The van der Waals surface area contributed by atoms with E-state index in [0.717, 1.165) is 44.2 Å². The Morgan fingerprint density at radius 1 is 1.05 bits per heavy atom. The first kappa shape index (κ1) is 13.5. The van der Waals surface area contributed by atoms with Gasteiger partial charge in [-0.1, -0.05) is 18.9 Å². The first-order valence-electron chi connectivity index (χ1n) is 7.43. The highest BCUT2D eigenvalue weighted by Gasteiger charge is 2.37. The zero-order valence-electron chi connectivity index (χ0n) is 11.4. The van der Waals surface area contributed by atoms with Gasteiger partial charge in [-0.2, -0.15) is 0 Å². The van der Waals surface area contributed by atoms with Crippen LogP contribution in [0, 0.1) is 17.6 Å². The van der Waals surface area contributed by atoms with E-state index in [4.69, 9.17) is 0 Å². The van der Waals surface area contributed by atoms with Crippen molar-refractivity contribution in [3.05, 3.63) is 35.4 Å². The highest BCUT2D eigenvalue weighted by Crippen LogP contribution is 2.36. The fourth-order valence-electron chi connectivity index (χ4n) is 3.72. The minimum absolute atomic E-state index is 0.170. The lowest BCUT2D eigenvalue weighted by Crippen LogP contribution is -2.50. The van der Waals surface area contributed by atoms with E-state index in [2.05, 4.69) is 0 Å². The topological polar surface area (TPSA) is 20.3 Å². The van der Waals surface area contributed by atoms with Crippen molar-refractivity contribution in [1.29, 1.82) is 0 Å². The normalized spacial score (nSPS) is 26.2. The van der Waals surface area contributed by atoms with E-state index in [1.165, 1.54) is 12.5 Å². The predicted octanol–water partition coefficient (Wildman–Crippen LogP) is 3.76. The van der Waals surface area contributed by atoms with E-state index < -0.39 is 23.1 Å². The molecule has 1 saturated heterocycles. The van der Waals surface area contributed by atoms with Gasteiger partial charge in [-0.15, -0.1) is 0 Å². The minimum atomic E-state index is -0.757. The average molecular weight is 279 g/mol. The van der Waals surface area contributed by atoms with Crippen LogP contribution in [0.3, 0.4) is 0 Å². The number of carbonyl (C=O) groups is 1. The third-order valence-corrected chi connectivity index (χ3v) is 4.68. The Balaban J connectivity index is 1.89. The predicted molar refractivity (Wildman–Crippen MR) is 72.4 cm³/mol. The van der Waals surface area contributed by atoms with E-state index in [9.17, 15) is 13.6 Å². The maximum atomic E-state index is 13.8. The number of halogens is 2. The van der Waals surface area contributed by atoms with Crippen LogP contribution < -0.4 is 0 Å². The van der Waals surface area contributed by atoms with Crippen molar-refractivity contribution >= 4 is 5.91 Å². The van der Waals surface area contributed by atoms with Gasteiger partial charge >= 0.3 is 0 Å². The van der Waals surface area contributed by atoms with Crippen LogP contribution in [0.2, 0.25) is 0 Å². The van der Waals surface area contributed by atoms with Crippen molar-refractivity contribution in [2.45, 2.75) is 44.6 Å². The molecule has 0 aromatic heterocycles. The molecule has 2 nitrogen and oxygen atoms in total. The molecule has 1 aliphatic heterocycles. The Labute approximate surface area is 117 Å². The Hall–Kier alpha value is -1.45. The number of likely N-dealkylation sites (tertiary alicyclic amines) is 1. The van der Waals surface area contributed by atoms with Crippen LogP contribution >= 0.6 is 0 Å². The number of hydrogen-bond donors (Lipinski definition) is 0. The zero-order chi connectivity index (χ0) is 14.1. The summed E-state index contributed by atoms with van der Waals surface area (Å²) in [5.41, 5.74) is -0.390. The molecular weight excluding hydrogens is 260 g/mol. The summed E-state index contributed by atoms with van der Waals surface area (Å²) in [4.78, 5) is 14.3. The molecular formula is C16H19F2NO.